The van der Waals surface area contributed by atoms with Gasteiger partial charge in [-0.2, -0.15) is 0 Å². The van der Waals surface area contributed by atoms with E-state index in [9.17, 15) is 0 Å². The molecule has 0 fully saturated rings. The van der Waals surface area contributed by atoms with Crippen LogP contribution in [0.2, 0.25) is 0 Å². The summed E-state index contributed by atoms with van der Waals surface area (Å²) in [5, 5.41) is 11.7. The summed E-state index contributed by atoms with van der Waals surface area (Å²) in [5.74, 6) is 0. The van der Waals surface area contributed by atoms with Crippen LogP contribution in [0.25, 0.3) is 114 Å². The number of nitrogens with zero attached hydrogens (tertiary/aromatic N) is 1. The third-order valence-electron chi connectivity index (χ3n) is 13.3. The van der Waals surface area contributed by atoms with Gasteiger partial charge in [0.05, 0.1) is 5.52 Å². The van der Waals surface area contributed by atoms with Crippen LogP contribution >= 0.6 is 11.3 Å². The molecule has 1 nitrogen and oxygen atoms in total. The Morgan fingerprint density at radius 2 is 0.855 bits per heavy atom. The number of allylic oxidation sites excluding steroid dienone is 1. The Balaban J connectivity index is 0.934. The van der Waals surface area contributed by atoms with Gasteiger partial charge in [0.1, 0.15) is 0 Å². The zero-order valence-corrected chi connectivity index (χ0v) is 34.8. The molecule has 0 atom stereocenters. The van der Waals surface area contributed by atoms with E-state index in [1.54, 1.807) is 0 Å². The van der Waals surface area contributed by atoms with E-state index in [0.717, 1.165) is 12.8 Å². The monoisotopic (exact) mass is 805 g/mol. The Hall–Kier alpha value is -7.52. The minimum Gasteiger partial charge on any atom is -0.313 e. The van der Waals surface area contributed by atoms with E-state index in [2.05, 4.69) is 217 Å². The lowest BCUT2D eigenvalue weighted by Gasteiger charge is -2.19. The van der Waals surface area contributed by atoms with E-state index in [1.807, 2.05) is 11.3 Å². The molecule has 2 heterocycles. The molecule has 290 valence electrons. The number of para-hydroxylation sites is 1. The molecule has 0 N–H and O–H groups in total. The first-order chi connectivity index (χ1) is 30.8. The fraction of sp³-hybridized carbons (Fsp3) is 0.0333. The number of thiophene rings is 1. The van der Waals surface area contributed by atoms with E-state index >= 15 is 0 Å². The molecule has 0 radical (unpaired) electrons. The highest BCUT2D eigenvalue weighted by atomic mass is 32.1. The van der Waals surface area contributed by atoms with Gasteiger partial charge >= 0.3 is 0 Å². The SMILES string of the molecule is C1=C(c2cccc3c2sc2c(-c4cccc5ccccc45)cccc23)CCc2c1c1ccccc1n2-c1ccc(-c2c3ccccc3c(-c3ccccc3)c3ccccc23)cc1. The molecule has 1 aliphatic carbocycles. The summed E-state index contributed by atoms with van der Waals surface area (Å²) in [6.45, 7) is 0. The molecule has 0 aliphatic heterocycles. The van der Waals surface area contributed by atoms with Gasteiger partial charge in [-0.05, 0) is 108 Å². The Kier molecular flexibility index (Phi) is 7.98. The molecule has 13 rings (SSSR count). The Bertz CT molecular complexity index is 3720. The minimum absolute atomic E-state index is 0.969. The highest BCUT2D eigenvalue weighted by molar-refractivity contribution is 7.26. The van der Waals surface area contributed by atoms with Gasteiger partial charge in [0.15, 0.2) is 0 Å². The summed E-state index contributed by atoms with van der Waals surface area (Å²) in [7, 11) is 0. The molecular weight excluding hydrogens is 767 g/mol. The number of benzene rings is 10. The fourth-order valence-electron chi connectivity index (χ4n) is 10.6. The van der Waals surface area contributed by atoms with Crippen molar-refractivity contribution in [3.8, 4) is 39.1 Å². The zero-order valence-electron chi connectivity index (χ0n) is 34.0. The van der Waals surface area contributed by atoms with Gasteiger partial charge in [0.25, 0.3) is 0 Å². The van der Waals surface area contributed by atoms with Gasteiger partial charge < -0.3 is 4.57 Å². The van der Waals surface area contributed by atoms with Crippen LogP contribution in [0.15, 0.2) is 206 Å². The van der Waals surface area contributed by atoms with E-state index in [0.29, 0.717) is 0 Å². The van der Waals surface area contributed by atoms with Crippen LogP contribution in [0.5, 0.6) is 0 Å². The van der Waals surface area contributed by atoms with Crippen LogP contribution in [0.1, 0.15) is 23.2 Å². The van der Waals surface area contributed by atoms with Crippen LogP contribution in [-0.2, 0) is 6.42 Å². The largest absolute Gasteiger partial charge is 0.313 e. The summed E-state index contributed by atoms with van der Waals surface area (Å²) in [6, 6.07) is 76.2. The Morgan fingerprint density at radius 3 is 1.55 bits per heavy atom. The second-order valence-electron chi connectivity index (χ2n) is 16.6. The molecule has 0 saturated carbocycles. The zero-order chi connectivity index (χ0) is 40.7. The molecule has 0 bridgehead atoms. The van der Waals surface area contributed by atoms with Gasteiger partial charge in [-0.15, -0.1) is 11.3 Å². The van der Waals surface area contributed by atoms with Gasteiger partial charge in [-0.25, -0.2) is 0 Å². The number of aromatic nitrogens is 1. The summed E-state index contributed by atoms with van der Waals surface area (Å²) < 4.78 is 5.25. The van der Waals surface area contributed by atoms with E-state index < -0.39 is 0 Å². The second-order valence-corrected chi connectivity index (χ2v) is 17.7. The van der Waals surface area contributed by atoms with Crippen LogP contribution < -0.4 is 0 Å². The third kappa shape index (κ3) is 5.33. The highest BCUT2D eigenvalue weighted by Crippen LogP contribution is 2.47. The maximum Gasteiger partial charge on any atom is 0.0537 e. The first kappa shape index (κ1) is 35.3. The standard InChI is InChI=1S/C60H39NS/c1-2-16-39(17-3-1)57-47-21-6-8-23-49(47)58(50-24-9-7-22-48(50)57)40-31-34-42(35-32-40)61-55-30-11-10-20-46(55)54-37-41(33-36-56(54)61)44-25-13-28-52-53-29-14-27-51(60(53)62-59(44)52)45-26-12-18-38-15-4-5-19-43(38)45/h1-32,34-35,37H,33,36H2. The lowest BCUT2D eigenvalue weighted by molar-refractivity contribution is 0.899. The molecule has 0 unspecified atom stereocenters. The van der Waals surface area contributed by atoms with Crippen molar-refractivity contribution in [2.24, 2.45) is 0 Å². The average Bonchev–Trinajstić information content (AvgIpc) is 3.89. The molecular formula is C60H39NS. The van der Waals surface area contributed by atoms with Crippen molar-refractivity contribution < 1.29 is 0 Å². The Labute approximate surface area is 364 Å². The van der Waals surface area contributed by atoms with Crippen molar-refractivity contribution in [3.63, 3.8) is 0 Å². The maximum absolute atomic E-state index is 2.52. The fourth-order valence-corrected chi connectivity index (χ4v) is 12.0. The summed E-state index contributed by atoms with van der Waals surface area (Å²) in [5.41, 5.74) is 15.6. The predicted molar refractivity (Wildman–Crippen MR) is 268 cm³/mol. The quantitative estimate of drug-likeness (QED) is 0.153. The number of hydrogen-bond acceptors (Lipinski definition) is 1. The molecule has 2 aromatic heterocycles. The van der Waals surface area contributed by atoms with E-state index in [4.69, 9.17) is 0 Å². The third-order valence-corrected chi connectivity index (χ3v) is 14.6. The lowest BCUT2D eigenvalue weighted by atomic mass is 9.86. The molecule has 12 aromatic rings. The van der Waals surface area contributed by atoms with Gasteiger partial charge in [0.2, 0.25) is 0 Å². The first-order valence-electron chi connectivity index (χ1n) is 21.6. The molecule has 0 amide bonds. The lowest BCUT2D eigenvalue weighted by Crippen LogP contribution is -2.05. The van der Waals surface area contributed by atoms with Crippen LogP contribution in [0, 0.1) is 0 Å². The van der Waals surface area contributed by atoms with E-state index in [-0.39, 0.29) is 0 Å². The van der Waals surface area contributed by atoms with Crippen LogP contribution in [0.3, 0.4) is 0 Å². The van der Waals surface area contributed by atoms with Crippen LogP contribution in [0.4, 0.5) is 0 Å². The predicted octanol–water partition coefficient (Wildman–Crippen LogP) is 16.9. The second kappa shape index (κ2) is 14.0. The molecule has 1 aliphatic rings. The molecule has 10 aromatic carbocycles. The van der Waals surface area contributed by atoms with Crippen molar-refractivity contribution in [1.29, 1.82) is 0 Å². The topological polar surface area (TPSA) is 4.93 Å². The smallest absolute Gasteiger partial charge is 0.0537 e. The first-order valence-corrected chi connectivity index (χ1v) is 22.5. The minimum atomic E-state index is 0.969. The van der Waals surface area contributed by atoms with Crippen molar-refractivity contribution in [3.05, 3.63) is 223 Å². The summed E-state index contributed by atoms with van der Waals surface area (Å²) >= 11 is 1.95. The number of hydrogen-bond donors (Lipinski definition) is 0. The van der Waals surface area contributed by atoms with Crippen molar-refractivity contribution >= 4 is 86.4 Å². The van der Waals surface area contributed by atoms with Crippen molar-refractivity contribution in [2.45, 2.75) is 12.8 Å². The van der Waals surface area contributed by atoms with Crippen molar-refractivity contribution in [2.75, 3.05) is 0 Å². The normalized spacial score (nSPS) is 12.8. The maximum atomic E-state index is 2.52. The molecule has 0 spiro atoms. The van der Waals surface area contributed by atoms with Crippen LogP contribution in [-0.4, -0.2) is 4.57 Å². The van der Waals surface area contributed by atoms with Gasteiger partial charge in [0, 0.05) is 48.1 Å². The summed E-state index contributed by atoms with van der Waals surface area (Å²) in [4.78, 5) is 0. The highest BCUT2D eigenvalue weighted by Gasteiger charge is 2.24. The number of rotatable bonds is 5. The Morgan fingerprint density at radius 1 is 0.355 bits per heavy atom. The van der Waals surface area contributed by atoms with E-state index in [1.165, 1.54) is 125 Å². The average molecular weight is 806 g/mol. The molecule has 62 heavy (non-hydrogen) atoms. The van der Waals surface area contributed by atoms with Crippen molar-refractivity contribution in [1.82, 2.24) is 4.57 Å². The molecule has 0 saturated heterocycles. The summed E-state index contributed by atoms with van der Waals surface area (Å²) in [6.07, 6.45) is 4.45. The number of fused-ring (bicyclic) bond motifs is 9. The van der Waals surface area contributed by atoms with Gasteiger partial charge in [-0.1, -0.05) is 188 Å². The van der Waals surface area contributed by atoms with Gasteiger partial charge in [-0.3, -0.25) is 0 Å². The molecule has 2 heteroatoms.